The first-order chi connectivity index (χ1) is 20.2. The van der Waals surface area contributed by atoms with Crippen LogP contribution < -0.4 is 4.74 Å². The molecule has 1 nitrogen and oxygen atoms in total. The first-order valence-electron chi connectivity index (χ1n) is 15.4. The molecule has 0 unspecified atom stereocenters. The molecule has 2 heteroatoms. The van der Waals surface area contributed by atoms with Crippen LogP contribution in [-0.2, 0) is 31.6 Å². The zero-order valence-corrected chi connectivity index (χ0v) is 30.9. The average Bonchev–Trinajstić information content (AvgIpc) is 3.45. The SMILES string of the molecule is COc1c(C(C)(C)C)cc2[cH-]c(C)cc2c1-c1cc(C)cc(C)c1.Cc1cc(C)cc(-c2cc(C)cc3[cH-]c(C)cc23)c1.[Zr+2]. The van der Waals surface area contributed by atoms with Gasteiger partial charge in [0.2, 0.25) is 0 Å². The average molecular weight is 658 g/mol. The van der Waals surface area contributed by atoms with Crippen LogP contribution in [0.25, 0.3) is 43.8 Å². The summed E-state index contributed by atoms with van der Waals surface area (Å²) in [6.45, 7) is 21.9. The monoisotopic (exact) mass is 656 g/mol. The molecule has 0 saturated carbocycles. The Morgan fingerprint density at radius 1 is 0.523 bits per heavy atom. The van der Waals surface area contributed by atoms with Gasteiger partial charge in [-0.3, -0.25) is 0 Å². The minimum absolute atomic E-state index is 0. The Balaban J connectivity index is 0.000000201. The van der Waals surface area contributed by atoms with E-state index in [0.29, 0.717) is 0 Å². The molecule has 44 heavy (non-hydrogen) atoms. The second kappa shape index (κ2) is 13.0. The summed E-state index contributed by atoms with van der Waals surface area (Å²) in [5, 5.41) is 5.30. The molecular weight excluding hydrogens is 612 g/mol. The van der Waals surface area contributed by atoms with Crippen molar-refractivity contribution in [3.63, 3.8) is 0 Å². The fraction of sp³-hybridized carbons (Fsp3) is 0.286. The minimum atomic E-state index is 0. The summed E-state index contributed by atoms with van der Waals surface area (Å²) in [4.78, 5) is 0. The summed E-state index contributed by atoms with van der Waals surface area (Å²) in [5.41, 5.74) is 15.6. The molecule has 6 rings (SSSR count). The molecule has 0 saturated heterocycles. The summed E-state index contributed by atoms with van der Waals surface area (Å²) < 4.78 is 5.95. The van der Waals surface area contributed by atoms with E-state index in [1.807, 2.05) is 0 Å². The first-order valence-corrected chi connectivity index (χ1v) is 15.4. The first kappa shape index (κ1) is 33.7. The smallest absolute Gasteiger partial charge is 0.498 e. The number of rotatable bonds is 3. The van der Waals surface area contributed by atoms with Crippen molar-refractivity contribution >= 4 is 21.5 Å². The van der Waals surface area contributed by atoms with Crippen LogP contribution >= 0.6 is 0 Å². The molecule has 0 atom stereocenters. The second-order valence-corrected chi connectivity index (χ2v) is 13.7. The Hall–Kier alpha value is -3.22. The Morgan fingerprint density at radius 3 is 1.48 bits per heavy atom. The molecule has 0 aromatic heterocycles. The maximum absolute atomic E-state index is 5.95. The molecule has 0 N–H and O–H groups in total. The predicted molar refractivity (Wildman–Crippen MR) is 188 cm³/mol. The quantitative estimate of drug-likeness (QED) is 0.172. The van der Waals surface area contributed by atoms with Crippen LogP contribution in [0.4, 0.5) is 0 Å². The van der Waals surface area contributed by atoms with Crippen molar-refractivity contribution in [3.8, 4) is 28.0 Å². The summed E-state index contributed by atoms with van der Waals surface area (Å²) in [6.07, 6.45) is 0. The van der Waals surface area contributed by atoms with Gasteiger partial charge in [-0.1, -0.05) is 110 Å². The topological polar surface area (TPSA) is 9.23 Å². The molecule has 224 valence electrons. The molecule has 0 radical (unpaired) electrons. The van der Waals surface area contributed by atoms with E-state index in [1.165, 1.54) is 88.3 Å². The van der Waals surface area contributed by atoms with E-state index >= 15 is 0 Å². The van der Waals surface area contributed by atoms with E-state index in [2.05, 4.69) is 148 Å². The van der Waals surface area contributed by atoms with Gasteiger partial charge in [-0.15, -0.1) is 56.9 Å². The van der Waals surface area contributed by atoms with E-state index < -0.39 is 0 Å². The van der Waals surface area contributed by atoms with Crippen LogP contribution in [0.3, 0.4) is 0 Å². The van der Waals surface area contributed by atoms with Gasteiger partial charge in [-0.05, 0) is 62.3 Å². The summed E-state index contributed by atoms with van der Waals surface area (Å²) in [7, 11) is 1.79. The number of ether oxygens (including phenoxy) is 1. The summed E-state index contributed by atoms with van der Waals surface area (Å²) >= 11 is 0. The van der Waals surface area contributed by atoms with E-state index in [1.54, 1.807) is 7.11 Å². The molecule has 0 heterocycles. The Labute approximate surface area is 284 Å². The number of hydrogen-bond acceptors (Lipinski definition) is 1. The van der Waals surface area contributed by atoms with Gasteiger partial charge in [0.1, 0.15) is 5.75 Å². The van der Waals surface area contributed by atoms with Crippen molar-refractivity contribution in [2.24, 2.45) is 0 Å². The van der Waals surface area contributed by atoms with Crippen LogP contribution in [-0.4, -0.2) is 7.11 Å². The van der Waals surface area contributed by atoms with Crippen molar-refractivity contribution in [2.75, 3.05) is 7.11 Å². The van der Waals surface area contributed by atoms with Gasteiger partial charge in [0.05, 0.1) is 7.11 Å². The van der Waals surface area contributed by atoms with Crippen LogP contribution in [0.2, 0.25) is 0 Å². The molecule has 0 aliphatic carbocycles. The predicted octanol–water partition coefficient (Wildman–Crippen LogP) is 11.9. The fourth-order valence-electron chi connectivity index (χ4n) is 6.65. The molecule has 6 aromatic carbocycles. The van der Waals surface area contributed by atoms with Gasteiger partial charge >= 0.3 is 26.2 Å². The summed E-state index contributed by atoms with van der Waals surface area (Å²) in [5.74, 6) is 1.01. The van der Waals surface area contributed by atoms with Gasteiger partial charge in [-0.2, -0.15) is 12.1 Å². The molecule has 0 fully saturated rings. The maximum Gasteiger partial charge on any atom is 2.00 e. The van der Waals surface area contributed by atoms with E-state index in [-0.39, 0.29) is 31.6 Å². The zero-order chi connectivity index (χ0) is 31.2. The largest absolute Gasteiger partial charge is 2.00 e. The number of fused-ring (bicyclic) bond motifs is 2. The normalized spacial score (nSPS) is 11.3. The Bertz CT molecular complexity index is 1910. The molecule has 6 aromatic rings. The Kier molecular flexibility index (Phi) is 9.97. The number of aryl methyl sites for hydroxylation is 7. The third-order valence-corrected chi connectivity index (χ3v) is 8.27. The van der Waals surface area contributed by atoms with Crippen LogP contribution in [0.5, 0.6) is 5.75 Å². The van der Waals surface area contributed by atoms with Crippen molar-refractivity contribution in [1.82, 2.24) is 0 Å². The van der Waals surface area contributed by atoms with Crippen LogP contribution in [0, 0.1) is 48.5 Å². The van der Waals surface area contributed by atoms with E-state index in [9.17, 15) is 0 Å². The summed E-state index contributed by atoms with van der Waals surface area (Å²) in [6, 6.07) is 29.5. The van der Waals surface area contributed by atoms with E-state index in [4.69, 9.17) is 4.74 Å². The van der Waals surface area contributed by atoms with Gasteiger partial charge in [0.15, 0.2) is 0 Å². The van der Waals surface area contributed by atoms with Crippen molar-refractivity contribution in [1.29, 1.82) is 0 Å². The zero-order valence-electron chi connectivity index (χ0n) is 28.4. The molecular formula is C42H46OZr. The standard InChI is InChI=1S/C23H27O.C19H19.Zr/c1-14-8-15(2)11-18(10-14)21-19-12-16(3)9-17(19)13-20(22(21)24-7)23(4,5)6;1-12-5-13(2)7-16(6-12)18-10-14(3)8-17-9-15(4)11-19(17)18;/h8-13H,1-7H3;5-11H,1-4H3;/q2*-1;+2. The van der Waals surface area contributed by atoms with Gasteiger partial charge in [0, 0.05) is 0 Å². The van der Waals surface area contributed by atoms with Crippen molar-refractivity contribution < 1.29 is 30.9 Å². The number of methoxy groups -OCH3 is 1. The minimum Gasteiger partial charge on any atom is -0.498 e. The van der Waals surface area contributed by atoms with Gasteiger partial charge in [0.25, 0.3) is 0 Å². The fourth-order valence-corrected chi connectivity index (χ4v) is 6.65. The molecule has 0 aliphatic rings. The molecule has 0 bridgehead atoms. The molecule has 0 amide bonds. The van der Waals surface area contributed by atoms with Crippen molar-refractivity contribution in [2.45, 2.75) is 74.7 Å². The van der Waals surface area contributed by atoms with Crippen molar-refractivity contribution in [3.05, 3.63) is 123 Å². The molecule has 0 spiro atoms. The molecule has 0 aliphatic heterocycles. The maximum atomic E-state index is 5.95. The van der Waals surface area contributed by atoms with Crippen LogP contribution in [0.1, 0.15) is 65.3 Å². The third kappa shape index (κ3) is 7.02. The van der Waals surface area contributed by atoms with Crippen LogP contribution in [0.15, 0.2) is 78.9 Å². The third-order valence-electron chi connectivity index (χ3n) is 8.27. The van der Waals surface area contributed by atoms with Gasteiger partial charge < -0.3 is 4.74 Å². The number of benzene rings is 4. The number of hydrogen-bond donors (Lipinski definition) is 0. The van der Waals surface area contributed by atoms with Gasteiger partial charge in [-0.25, -0.2) is 0 Å². The second-order valence-electron chi connectivity index (χ2n) is 13.7. The Morgan fingerprint density at radius 2 is 0.977 bits per heavy atom. The van der Waals surface area contributed by atoms with E-state index in [0.717, 1.165) is 5.75 Å².